The van der Waals surface area contributed by atoms with Crippen LogP contribution in [-0.4, -0.2) is 43.7 Å². The van der Waals surface area contributed by atoms with Crippen molar-refractivity contribution in [2.45, 2.75) is 25.8 Å². The molecule has 0 saturated carbocycles. The second-order valence-corrected chi connectivity index (χ2v) is 8.01. The number of carboxylic acids is 1. The van der Waals surface area contributed by atoms with Crippen LogP contribution in [0.15, 0.2) is 36.7 Å². The summed E-state index contributed by atoms with van der Waals surface area (Å²) in [7, 11) is 1.80. The Bertz CT molecular complexity index is 1210. The highest BCUT2D eigenvalue weighted by Crippen LogP contribution is 2.23. The number of nitrogens with one attached hydrogen (secondary N) is 2. The van der Waals surface area contributed by atoms with Crippen LogP contribution in [0.2, 0.25) is 0 Å². The van der Waals surface area contributed by atoms with Crippen LogP contribution in [0.5, 0.6) is 0 Å². The molecule has 10 nitrogen and oxygen atoms in total. The molecule has 1 atom stereocenters. The molecule has 2 amide bonds. The average Bonchev–Trinajstić information content (AvgIpc) is 3.33. The summed E-state index contributed by atoms with van der Waals surface area (Å²) in [6.45, 7) is 1.54. The van der Waals surface area contributed by atoms with Gasteiger partial charge in [0, 0.05) is 30.8 Å². The van der Waals surface area contributed by atoms with Crippen molar-refractivity contribution in [2.24, 2.45) is 7.05 Å². The molecule has 0 fully saturated rings. The number of amides is 2. The molecule has 0 aliphatic carbocycles. The zero-order valence-electron chi connectivity index (χ0n) is 17.3. The van der Waals surface area contributed by atoms with Gasteiger partial charge < -0.3 is 15.7 Å². The number of benzene rings is 1. The van der Waals surface area contributed by atoms with Crippen molar-refractivity contribution in [3.63, 3.8) is 0 Å². The van der Waals surface area contributed by atoms with E-state index in [1.807, 2.05) is 18.3 Å². The largest absolute Gasteiger partial charge is 0.477 e. The van der Waals surface area contributed by atoms with Gasteiger partial charge in [0.15, 0.2) is 5.13 Å². The van der Waals surface area contributed by atoms with Crippen molar-refractivity contribution in [3.05, 3.63) is 52.8 Å². The first-order valence-corrected chi connectivity index (χ1v) is 10.4. The van der Waals surface area contributed by atoms with Gasteiger partial charge in [-0.3, -0.25) is 14.3 Å². The van der Waals surface area contributed by atoms with Crippen LogP contribution >= 0.6 is 11.3 Å². The van der Waals surface area contributed by atoms with E-state index in [1.54, 1.807) is 36.1 Å². The first-order chi connectivity index (χ1) is 15.3. The minimum absolute atomic E-state index is 0.0377. The van der Waals surface area contributed by atoms with E-state index in [4.69, 9.17) is 10.4 Å². The zero-order chi connectivity index (χ0) is 23.3. The van der Waals surface area contributed by atoms with Crippen molar-refractivity contribution in [1.82, 2.24) is 20.1 Å². The molecule has 11 heteroatoms. The van der Waals surface area contributed by atoms with Gasteiger partial charge in [-0.05, 0) is 24.6 Å². The van der Waals surface area contributed by atoms with E-state index in [9.17, 15) is 14.4 Å². The third kappa shape index (κ3) is 5.55. The van der Waals surface area contributed by atoms with Crippen molar-refractivity contribution >= 4 is 34.3 Å². The Morgan fingerprint density at radius 1 is 1.31 bits per heavy atom. The van der Waals surface area contributed by atoms with Crippen LogP contribution in [0.25, 0.3) is 11.1 Å². The van der Waals surface area contributed by atoms with Gasteiger partial charge in [-0.1, -0.05) is 23.5 Å². The number of carbonyl (C=O) groups excluding carboxylic acids is 2. The number of thiazole rings is 1. The molecule has 0 spiro atoms. The third-order valence-electron chi connectivity index (χ3n) is 4.50. The summed E-state index contributed by atoms with van der Waals surface area (Å²) in [5.74, 6) is -2.02. The standard InChI is InChI=1S/C21H20N6O4S/c1-12-18(20(30)31)32-21(24-12)26-17(28)9-16(6-7-22)25-19(29)14-5-3-4-13(8-14)15-10-23-27(2)11-15/h3-5,8,10-11,16H,6,9H2,1-2H3,(H,25,29)(H,30,31)(H,24,26,28)/t16-/m1/s1. The van der Waals surface area contributed by atoms with E-state index in [2.05, 4.69) is 20.7 Å². The van der Waals surface area contributed by atoms with Crippen molar-refractivity contribution in [2.75, 3.05) is 5.32 Å². The van der Waals surface area contributed by atoms with E-state index in [0.29, 0.717) is 11.3 Å². The SMILES string of the molecule is Cc1nc(NC(=O)C[C@@H](CC#N)NC(=O)c2cccc(-c3cnn(C)c3)c2)sc1C(=O)O. The average molecular weight is 452 g/mol. The number of nitriles is 1. The number of aromatic nitrogens is 3. The second-order valence-electron chi connectivity index (χ2n) is 7.01. The lowest BCUT2D eigenvalue weighted by atomic mass is 10.0. The fourth-order valence-electron chi connectivity index (χ4n) is 3.01. The molecule has 164 valence electrons. The number of anilines is 1. The van der Waals surface area contributed by atoms with Gasteiger partial charge >= 0.3 is 5.97 Å². The molecule has 1 aromatic carbocycles. The Hall–Kier alpha value is -4.04. The monoisotopic (exact) mass is 452 g/mol. The summed E-state index contributed by atoms with van der Waals surface area (Å²) in [6.07, 6.45) is 3.28. The van der Waals surface area contributed by atoms with Crippen molar-refractivity contribution in [3.8, 4) is 17.2 Å². The maximum Gasteiger partial charge on any atom is 0.347 e. The second kappa shape index (κ2) is 9.84. The molecular formula is C21H20N6O4S. The number of aryl methyl sites for hydroxylation is 2. The summed E-state index contributed by atoms with van der Waals surface area (Å²) in [5, 5.41) is 27.7. The zero-order valence-corrected chi connectivity index (χ0v) is 18.1. The molecule has 3 N–H and O–H groups in total. The molecule has 2 aromatic heterocycles. The number of hydrogen-bond acceptors (Lipinski definition) is 7. The predicted molar refractivity (Wildman–Crippen MR) is 117 cm³/mol. The molecule has 0 saturated heterocycles. The molecule has 0 aliphatic rings. The molecule has 2 heterocycles. The van der Waals surface area contributed by atoms with Gasteiger partial charge in [0.2, 0.25) is 5.91 Å². The quantitative estimate of drug-likeness (QED) is 0.475. The highest BCUT2D eigenvalue weighted by Gasteiger charge is 2.20. The van der Waals surface area contributed by atoms with Crippen LogP contribution < -0.4 is 10.6 Å². The van der Waals surface area contributed by atoms with Gasteiger partial charge in [-0.25, -0.2) is 9.78 Å². The van der Waals surface area contributed by atoms with Crippen molar-refractivity contribution in [1.29, 1.82) is 5.26 Å². The highest BCUT2D eigenvalue weighted by molar-refractivity contribution is 7.17. The topological polar surface area (TPSA) is 150 Å². The Morgan fingerprint density at radius 2 is 2.09 bits per heavy atom. The van der Waals surface area contributed by atoms with E-state index in [0.717, 1.165) is 22.5 Å². The summed E-state index contributed by atoms with van der Waals surface area (Å²) in [5.41, 5.74) is 2.35. The van der Waals surface area contributed by atoms with Gasteiger partial charge in [0.25, 0.3) is 5.91 Å². The molecule has 0 radical (unpaired) electrons. The minimum Gasteiger partial charge on any atom is -0.477 e. The maximum atomic E-state index is 12.7. The van der Waals surface area contributed by atoms with Gasteiger partial charge in [0.1, 0.15) is 4.88 Å². The number of rotatable bonds is 8. The van der Waals surface area contributed by atoms with Crippen LogP contribution in [0, 0.1) is 18.3 Å². The maximum absolute atomic E-state index is 12.7. The smallest absolute Gasteiger partial charge is 0.347 e. The number of aromatic carboxylic acids is 1. The van der Waals surface area contributed by atoms with Crippen LogP contribution in [0.1, 0.15) is 38.6 Å². The van der Waals surface area contributed by atoms with E-state index in [-0.39, 0.29) is 22.9 Å². The van der Waals surface area contributed by atoms with E-state index >= 15 is 0 Å². The Labute approximate surface area is 187 Å². The highest BCUT2D eigenvalue weighted by atomic mass is 32.1. The molecule has 0 bridgehead atoms. The van der Waals surface area contributed by atoms with Crippen molar-refractivity contribution < 1.29 is 19.5 Å². The fourth-order valence-corrected chi connectivity index (χ4v) is 3.83. The van der Waals surface area contributed by atoms with Crippen LogP contribution in [-0.2, 0) is 11.8 Å². The lowest BCUT2D eigenvalue weighted by molar-refractivity contribution is -0.116. The molecule has 0 unspecified atom stereocenters. The normalized spacial score (nSPS) is 11.4. The van der Waals surface area contributed by atoms with Gasteiger partial charge in [-0.2, -0.15) is 10.4 Å². The lowest BCUT2D eigenvalue weighted by Gasteiger charge is -2.15. The predicted octanol–water partition coefficient (Wildman–Crippen LogP) is 2.59. The van der Waals surface area contributed by atoms with Gasteiger partial charge in [-0.15, -0.1) is 0 Å². The first-order valence-electron chi connectivity index (χ1n) is 9.54. The molecule has 3 aromatic rings. The summed E-state index contributed by atoms with van der Waals surface area (Å²) in [6, 6.07) is 8.19. The molecule has 0 aliphatic heterocycles. The number of nitrogens with zero attached hydrogens (tertiary/aromatic N) is 4. The molecular weight excluding hydrogens is 432 g/mol. The van der Waals surface area contributed by atoms with Crippen LogP contribution in [0.3, 0.4) is 0 Å². The number of carbonyl (C=O) groups is 3. The van der Waals surface area contributed by atoms with Gasteiger partial charge in [0.05, 0.1) is 30.4 Å². The third-order valence-corrected chi connectivity index (χ3v) is 5.57. The fraction of sp³-hybridized carbons (Fsp3) is 0.238. The summed E-state index contributed by atoms with van der Waals surface area (Å²) < 4.78 is 1.66. The Morgan fingerprint density at radius 3 is 2.72 bits per heavy atom. The summed E-state index contributed by atoms with van der Waals surface area (Å²) in [4.78, 5) is 40.3. The Kier molecular flexibility index (Phi) is 6.97. The Balaban J connectivity index is 1.66. The van der Waals surface area contributed by atoms with E-state index < -0.39 is 23.8 Å². The number of hydrogen-bond donors (Lipinski definition) is 3. The lowest BCUT2D eigenvalue weighted by Crippen LogP contribution is -2.37. The molecule has 32 heavy (non-hydrogen) atoms. The van der Waals surface area contributed by atoms with E-state index in [1.165, 1.54) is 6.92 Å². The van der Waals surface area contributed by atoms with Crippen LogP contribution in [0.4, 0.5) is 5.13 Å². The minimum atomic E-state index is -1.12. The first kappa shape index (κ1) is 22.6. The summed E-state index contributed by atoms with van der Waals surface area (Å²) >= 11 is 0.847. The number of carboxylic acid groups (broad SMARTS) is 1. The molecule has 3 rings (SSSR count).